The highest BCUT2D eigenvalue weighted by molar-refractivity contribution is 6.03. The Hall–Kier alpha value is -4.14. The minimum Gasteiger partial charge on any atom is -0.507 e. The molecule has 3 aromatic carbocycles. The Kier molecular flexibility index (Phi) is 6.81. The molecule has 1 aliphatic carbocycles. The molecule has 3 N–H and O–H groups in total. The van der Waals surface area contributed by atoms with Gasteiger partial charge in [-0.25, -0.2) is 0 Å². The van der Waals surface area contributed by atoms with Crippen LogP contribution in [0.15, 0.2) is 65.2 Å². The smallest absolute Gasteiger partial charge is 0.274 e. The van der Waals surface area contributed by atoms with Crippen LogP contribution in [0.1, 0.15) is 34.5 Å². The molecule has 1 saturated heterocycles. The number of amides is 1. The van der Waals surface area contributed by atoms with Crippen LogP contribution in [-0.4, -0.2) is 58.5 Å². The standard InChI is InChI=1S/C31H31N3O5/c1-19-2-6-21(7-3-19)24-16-25(27(36)17-26(24)35)30-28(29(33-39-30)31(37)32-23-10-11-23)22-8-4-20(5-9-22)18-34-12-14-38-15-13-34/h2-9,16-17,23,35-36H,10-15,18H2,1H3,(H,32,37). The fourth-order valence-corrected chi connectivity index (χ4v) is 4.90. The van der Waals surface area contributed by atoms with E-state index < -0.39 is 0 Å². The molecule has 1 amide bonds. The monoisotopic (exact) mass is 525 g/mol. The number of phenols is 2. The molecule has 0 unspecified atom stereocenters. The van der Waals surface area contributed by atoms with Crippen molar-refractivity contribution in [3.63, 3.8) is 0 Å². The van der Waals surface area contributed by atoms with Crippen molar-refractivity contribution < 1.29 is 24.3 Å². The van der Waals surface area contributed by atoms with E-state index in [4.69, 9.17) is 9.26 Å². The first-order valence-corrected chi connectivity index (χ1v) is 13.3. The number of benzene rings is 3. The molecule has 1 saturated carbocycles. The molecule has 2 aliphatic rings. The van der Waals surface area contributed by atoms with E-state index >= 15 is 0 Å². The number of aryl methyl sites for hydroxylation is 1. The predicted molar refractivity (Wildman–Crippen MR) is 147 cm³/mol. The van der Waals surface area contributed by atoms with Crippen LogP contribution in [0.5, 0.6) is 11.5 Å². The highest BCUT2D eigenvalue weighted by Gasteiger charge is 2.30. The van der Waals surface area contributed by atoms with Crippen LogP contribution in [0.2, 0.25) is 0 Å². The molecule has 2 fully saturated rings. The molecule has 1 aromatic heterocycles. The van der Waals surface area contributed by atoms with E-state index in [2.05, 4.69) is 15.4 Å². The van der Waals surface area contributed by atoms with Gasteiger partial charge < -0.3 is 24.8 Å². The third kappa shape index (κ3) is 5.39. The maximum atomic E-state index is 13.2. The fourth-order valence-electron chi connectivity index (χ4n) is 4.90. The number of aromatic hydroxyl groups is 2. The minimum atomic E-state index is -0.308. The van der Waals surface area contributed by atoms with Gasteiger partial charge in [-0.2, -0.15) is 0 Å². The van der Waals surface area contributed by atoms with E-state index in [9.17, 15) is 15.0 Å². The van der Waals surface area contributed by atoms with Crippen molar-refractivity contribution >= 4 is 5.91 Å². The van der Waals surface area contributed by atoms with Gasteiger partial charge in [0.05, 0.1) is 24.3 Å². The number of carbonyl (C=O) groups is 1. The van der Waals surface area contributed by atoms with Gasteiger partial charge in [-0.05, 0) is 42.5 Å². The summed E-state index contributed by atoms with van der Waals surface area (Å²) >= 11 is 0. The Bertz CT molecular complexity index is 1480. The zero-order valence-electron chi connectivity index (χ0n) is 21.8. The van der Waals surface area contributed by atoms with E-state index in [1.165, 1.54) is 6.07 Å². The molecule has 39 heavy (non-hydrogen) atoms. The summed E-state index contributed by atoms with van der Waals surface area (Å²) in [5, 5.41) is 28.7. The summed E-state index contributed by atoms with van der Waals surface area (Å²) in [5.41, 5.74) is 5.34. The molecule has 0 atom stereocenters. The Labute approximate surface area is 226 Å². The molecule has 0 bridgehead atoms. The zero-order chi connectivity index (χ0) is 26.9. The summed E-state index contributed by atoms with van der Waals surface area (Å²) in [6.07, 6.45) is 1.89. The van der Waals surface area contributed by atoms with Gasteiger partial charge in [0.1, 0.15) is 11.5 Å². The van der Waals surface area contributed by atoms with Crippen LogP contribution < -0.4 is 5.32 Å². The van der Waals surface area contributed by atoms with Gasteiger partial charge >= 0.3 is 0 Å². The Morgan fingerprint density at radius 2 is 1.62 bits per heavy atom. The molecular weight excluding hydrogens is 494 g/mol. The van der Waals surface area contributed by atoms with Gasteiger partial charge in [0.2, 0.25) is 0 Å². The molecule has 2 heterocycles. The molecule has 200 valence electrons. The van der Waals surface area contributed by atoms with Crippen LogP contribution in [0.4, 0.5) is 0 Å². The van der Waals surface area contributed by atoms with Crippen molar-refractivity contribution in [3.05, 3.63) is 77.5 Å². The molecule has 6 rings (SSSR count). The first kappa shape index (κ1) is 25.2. The maximum Gasteiger partial charge on any atom is 0.274 e. The second kappa shape index (κ2) is 10.6. The van der Waals surface area contributed by atoms with E-state index in [0.717, 1.165) is 67.9 Å². The molecule has 8 nitrogen and oxygen atoms in total. The number of hydrogen-bond donors (Lipinski definition) is 3. The van der Waals surface area contributed by atoms with Crippen LogP contribution in [-0.2, 0) is 11.3 Å². The number of aromatic nitrogens is 1. The normalized spacial score (nSPS) is 15.8. The Morgan fingerprint density at radius 1 is 0.949 bits per heavy atom. The lowest BCUT2D eigenvalue weighted by atomic mass is 9.94. The number of carbonyl (C=O) groups excluding carboxylic acids is 1. The highest BCUT2D eigenvalue weighted by atomic mass is 16.5. The summed E-state index contributed by atoms with van der Waals surface area (Å²) < 4.78 is 11.2. The summed E-state index contributed by atoms with van der Waals surface area (Å²) in [6.45, 7) is 6.07. The average Bonchev–Trinajstić information content (AvgIpc) is 3.65. The first-order chi connectivity index (χ1) is 19.0. The lowest BCUT2D eigenvalue weighted by Crippen LogP contribution is -2.35. The van der Waals surface area contributed by atoms with Crippen LogP contribution >= 0.6 is 0 Å². The van der Waals surface area contributed by atoms with E-state index in [1.54, 1.807) is 6.07 Å². The zero-order valence-corrected chi connectivity index (χ0v) is 21.8. The van der Waals surface area contributed by atoms with Gasteiger partial charge in [-0.1, -0.05) is 59.3 Å². The molecule has 1 aliphatic heterocycles. The molecule has 4 aromatic rings. The van der Waals surface area contributed by atoms with Crippen LogP contribution in [0.25, 0.3) is 33.6 Å². The van der Waals surface area contributed by atoms with Crippen molar-refractivity contribution in [2.75, 3.05) is 26.3 Å². The minimum absolute atomic E-state index is 0.0552. The van der Waals surface area contributed by atoms with E-state index in [1.807, 2.05) is 55.5 Å². The lowest BCUT2D eigenvalue weighted by Gasteiger charge is -2.26. The number of nitrogens with zero attached hydrogens (tertiary/aromatic N) is 2. The van der Waals surface area contributed by atoms with E-state index in [-0.39, 0.29) is 34.9 Å². The van der Waals surface area contributed by atoms with Crippen molar-refractivity contribution in [2.45, 2.75) is 32.4 Å². The largest absolute Gasteiger partial charge is 0.507 e. The molecule has 8 heteroatoms. The van der Waals surface area contributed by atoms with Gasteiger partial charge in [0.25, 0.3) is 5.91 Å². The van der Waals surface area contributed by atoms with Crippen LogP contribution in [0.3, 0.4) is 0 Å². The number of morpholine rings is 1. The van der Waals surface area contributed by atoms with Gasteiger partial charge in [0, 0.05) is 37.3 Å². The number of ether oxygens (including phenoxy) is 1. The van der Waals surface area contributed by atoms with Crippen LogP contribution in [0, 0.1) is 6.92 Å². The lowest BCUT2D eigenvalue weighted by molar-refractivity contribution is 0.0342. The quantitative estimate of drug-likeness (QED) is 0.307. The van der Waals surface area contributed by atoms with Gasteiger partial charge in [0.15, 0.2) is 11.5 Å². The van der Waals surface area contributed by atoms with E-state index in [0.29, 0.717) is 16.7 Å². The Morgan fingerprint density at radius 3 is 2.31 bits per heavy atom. The van der Waals surface area contributed by atoms with Gasteiger partial charge in [-0.15, -0.1) is 0 Å². The summed E-state index contributed by atoms with van der Waals surface area (Å²) in [4.78, 5) is 15.5. The second-order valence-electron chi connectivity index (χ2n) is 10.3. The maximum absolute atomic E-state index is 13.2. The number of phenolic OH excluding ortho intramolecular Hbond substituents is 2. The summed E-state index contributed by atoms with van der Waals surface area (Å²) in [6, 6.07) is 18.9. The molecule has 0 spiro atoms. The second-order valence-corrected chi connectivity index (χ2v) is 10.3. The fraction of sp³-hybridized carbons (Fsp3) is 0.290. The summed E-state index contributed by atoms with van der Waals surface area (Å²) in [7, 11) is 0. The molecule has 0 radical (unpaired) electrons. The number of nitrogens with one attached hydrogen (secondary N) is 1. The SMILES string of the molecule is Cc1ccc(-c2cc(-c3onc(C(=O)NC4CC4)c3-c3ccc(CN4CCOCC4)cc3)c(O)cc2O)cc1. The third-order valence-corrected chi connectivity index (χ3v) is 7.29. The summed E-state index contributed by atoms with van der Waals surface area (Å²) in [5.74, 6) is -0.265. The molecular formula is C31H31N3O5. The van der Waals surface area contributed by atoms with Crippen molar-refractivity contribution in [1.82, 2.24) is 15.4 Å². The van der Waals surface area contributed by atoms with Gasteiger partial charge in [-0.3, -0.25) is 9.69 Å². The predicted octanol–water partition coefficient (Wildman–Crippen LogP) is 5.12. The average molecular weight is 526 g/mol. The first-order valence-electron chi connectivity index (χ1n) is 13.3. The number of hydrogen-bond acceptors (Lipinski definition) is 7. The highest BCUT2D eigenvalue weighted by Crippen LogP contribution is 2.44. The van der Waals surface area contributed by atoms with Crippen molar-refractivity contribution in [1.29, 1.82) is 0 Å². The number of rotatable bonds is 7. The van der Waals surface area contributed by atoms with Crippen molar-refractivity contribution in [2.24, 2.45) is 0 Å². The van der Waals surface area contributed by atoms with Crippen molar-refractivity contribution in [3.8, 4) is 45.1 Å². The third-order valence-electron chi connectivity index (χ3n) is 7.29. The Balaban J connectivity index is 1.41. The topological polar surface area (TPSA) is 108 Å².